The Hall–Kier alpha value is -0.430. The quantitative estimate of drug-likeness (QED) is 0.715. The third-order valence-corrected chi connectivity index (χ3v) is 3.61. The first-order chi connectivity index (χ1) is 5.17. The lowest BCUT2D eigenvalue weighted by atomic mass is 10.7. The molecule has 0 aliphatic carbocycles. The summed E-state index contributed by atoms with van der Waals surface area (Å²) in [5.41, 5.74) is 0. The average Bonchev–Trinajstić information content (AvgIpc) is 2.37. The zero-order valence-electron chi connectivity index (χ0n) is 5.77. The van der Waals surface area contributed by atoms with Crippen LogP contribution in [0.3, 0.4) is 0 Å². The van der Waals surface area contributed by atoms with Crippen molar-refractivity contribution in [1.29, 1.82) is 0 Å². The highest BCUT2D eigenvalue weighted by Gasteiger charge is 2.13. The van der Waals surface area contributed by atoms with Gasteiger partial charge in [0.1, 0.15) is 4.21 Å². The van der Waals surface area contributed by atoms with Crippen LogP contribution in [0, 0.1) is 0 Å². The summed E-state index contributed by atoms with van der Waals surface area (Å²) in [4.78, 5) is 6.21. The molecule has 1 N–H and O–H groups in total. The molecule has 0 radical (unpaired) electrons. The van der Waals surface area contributed by atoms with Crippen LogP contribution in [-0.2, 0) is 14.9 Å². The van der Waals surface area contributed by atoms with Gasteiger partial charge in [-0.25, -0.2) is 8.42 Å². The van der Waals surface area contributed by atoms with Gasteiger partial charge in [-0.1, -0.05) is 11.0 Å². The normalized spacial score (nSPS) is 11.7. The van der Waals surface area contributed by atoms with Gasteiger partial charge in [-0.2, -0.15) is 0 Å². The number of nitrogens with one attached hydrogen (secondary N) is 1. The fourth-order valence-electron chi connectivity index (χ4n) is 0.567. The van der Waals surface area contributed by atoms with Crippen LogP contribution in [0.2, 0.25) is 0 Å². The van der Waals surface area contributed by atoms with E-state index in [1.807, 2.05) is 4.89 Å². The number of sulfonamides is 1. The smallest absolute Gasteiger partial charge is 0.271 e. The van der Waals surface area contributed by atoms with Crippen molar-refractivity contribution >= 4 is 21.4 Å². The summed E-state index contributed by atoms with van der Waals surface area (Å²) in [5.74, 6) is 0. The summed E-state index contributed by atoms with van der Waals surface area (Å²) >= 11 is 1.14. The highest BCUT2D eigenvalue weighted by atomic mass is 32.2. The van der Waals surface area contributed by atoms with Gasteiger partial charge in [0.05, 0.1) is 7.11 Å². The molecule has 0 saturated heterocycles. The molecule has 0 aliphatic heterocycles. The van der Waals surface area contributed by atoms with E-state index in [4.69, 9.17) is 0 Å². The molecule has 0 aliphatic rings. The molecule has 1 aromatic heterocycles. The van der Waals surface area contributed by atoms with Gasteiger partial charge >= 0.3 is 0 Å². The lowest BCUT2D eigenvalue weighted by Gasteiger charge is -1.98. The highest BCUT2D eigenvalue weighted by molar-refractivity contribution is 7.91. The first-order valence-corrected chi connectivity index (χ1v) is 5.11. The van der Waals surface area contributed by atoms with Gasteiger partial charge in [-0.3, -0.25) is 4.84 Å². The van der Waals surface area contributed by atoms with E-state index < -0.39 is 10.0 Å². The van der Waals surface area contributed by atoms with E-state index >= 15 is 0 Å². The van der Waals surface area contributed by atoms with Gasteiger partial charge in [0.15, 0.2) is 0 Å². The number of hydrogen-bond donors (Lipinski definition) is 1. The fraction of sp³-hybridized carbons (Fsp3) is 0.200. The summed E-state index contributed by atoms with van der Waals surface area (Å²) in [6.07, 6.45) is 0. The van der Waals surface area contributed by atoms with Crippen LogP contribution in [0.5, 0.6) is 0 Å². The van der Waals surface area contributed by atoms with Gasteiger partial charge in [-0.15, -0.1) is 11.3 Å². The zero-order chi connectivity index (χ0) is 8.32. The number of thiophene rings is 1. The Morgan fingerprint density at radius 3 is 2.82 bits per heavy atom. The second-order valence-corrected chi connectivity index (χ2v) is 4.54. The summed E-state index contributed by atoms with van der Waals surface area (Å²) in [6, 6.07) is 3.17. The Kier molecular flexibility index (Phi) is 2.61. The van der Waals surface area contributed by atoms with Crippen LogP contribution in [0.25, 0.3) is 0 Å². The van der Waals surface area contributed by atoms with E-state index in [9.17, 15) is 8.42 Å². The van der Waals surface area contributed by atoms with Crippen LogP contribution >= 0.6 is 11.3 Å². The topological polar surface area (TPSA) is 55.4 Å². The molecule has 1 heterocycles. The van der Waals surface area contributed by atoms with Crippen molar-refractivity contribution in [3.63, 3.8) is 0 Å². The molecule has 6 heteroatoms. The SMILES string of the molecule is CONS(=O)(=O)c1cccs1. The minimum absolute atomic E-state index is 0.249. The second kappa shape index (κ2) is 3.31. The highest BCUT2D eigenvalue weighted by Crippen LogP contribution is 2.14. The second-order valence-electron chi connectivity index (χ2n) is 1.72. The van der Waals surface area contributed by atoms with E-state index in [1.165, 1.54) is 13.2 Å². The molecule has 0 amide bonds. The summed E-state index contributed by atoms with van der Waals surface area (Å²) in [5, 5.41) is 1.68. The zero-order valence-corrected chi connectivity index (χ0v) is 7.41. The third kappa shape index (κ3) is 2.00. The Morgan fingerprint density at radius 2 is 2.36 bits per heavy atom. The monoisotopic (exact) mass is 193 g/mol. The maximum absolute atomic E-state index is 11.1. The minimum atomic E-state index is -3.42. The van der Waals surface area contributed by atoms with Crippen LogP contribution in [0.15, 0.2) is 21.7 Å². The Morgan fingerprint density at radius 1 is 1.64 bits per heavy atom. The molecular weight excluding hydrogens is 186 g/mol. The first kappa shape index (κ1) is 8.66. The van der Waals surface area contributed by atoms with Crippen LogP contribution in [0.1, 0.15) is 0 Å². The molecule has 0 aromatic carbocycles. The predicted molar refractivity (Wildman–Crippen MR) is 41.6 cm³/mol. The Bertz CT molecular complexity index is 302. The van der Waals surface area contributed by atoms with E-state index in [-0.39, 0.29) is 4.21 Å². The van der Waals surface area contributed by atoms with Crippen molar-refractivity contribution in [2.24, 2.45) is 0 Å². The molecule has 0 atom stereocenters. The standard InChI is InChI=1S/C5H7NO3S2/c1-9-6-11(7,8)5-3-2-4-10-5/h2-4,6H,1H3. The van der Waals surface area contributed by atoms with Crippen molar-refractivity contribution in [3.05, 3.63) is 17.5 Å². The van der Waals surface area contributed by atoms with Gasteiger partial charge < -0.3 is 0 Å². The molecule has 0 fully saturated rings. The van der Waals surface area contributed by atoms with Crippen molar-refractivity contribution in [3.8, 4) is 0 Å². The molecule has 0 saturated carbocycles. The van der Waals surface area contributed by atoms with Gasteiger partial charge in [-0.05, 0) is 11.4 Å². The molecule has 11 heavy (non-hydrogen) atoms. The maximum Gasteiger partial charge on any atom is 0.271 e. The van der Waals surface area contributed by atoms with Crippen LogP contribution < -0.4 is 4.89 Å². The lowest BCUT2D eigenvalue weighted by molar-refractivity contribution is 0.153. The summed E-state index contributed by atoms with van der Waals surface area (Å²) in [6.45, 7) is 0. The van der Waals surface area contributed by atoms with Gasteiger partial charge in [0, 0.05) is 0 Å². The molecule has 0 unspecified atom stereocenters. The summed E-state index contributed by atoms with van der Waals surface area (Å²) in [7, 11) is -2.17. The largest absolute Gasteiger partial charge is 0.290 e. The minimum Gasteiger partial charge on any atom is -0.290 e. The van der Waals surface area contributed by atoms with Crippen molar-refractivity contribution in [2.45, 2.75) is 4.21 Å². The van der Waals surface area contributed by atoms with Gasteiger partial charge in [0.25, 0.3) is 10.0 Å². The van der Waals surface area contributed by atoms with E-state index in [2.05, 4.69) is 4.84 Å². The maximum atomic E-state index is 11.1. The predicted octanol–water partition coefficient (Wildman–Crippen LogP) is 0.588. The molecule has 0 bridgehead atoms. The Labute approximate surface area is 68.8 Å². The van der Waals surface area contributed by atoms with Gasteiger partial charge in [0.2, 0.25) is 0 Å². The lowest BCUT2D eigenvalue weighted by Crippen LogP contribution is -2.21. The van der Waals surface area contributed by atoms with Crippen molar-refractivity contribution in [1.82, 2.24) is 4.89 Å². The number of hydrogen-bond acceptors (Lipinski definition) is 4. The molecule has 62 valence electrons. The molecule has 1 aromatic rings. The average molecular weight is 193 g/mol. The van der Waals surface area contributed by atoms with E-state index in [1.54, 1.807) is 11.4 Å². The number of rotatable bonds is 3. The first-order valence-electron chi connectivity index (χ1n) is 2.75. The molecule has 4 nitrogen and oxygen atoms in total. The summed E-state index contributed by atoms with van der Waals surface area (Å²) < 4.78 is 22.4. The van der Waals surface area contributed by atoms with Crippen molar-refractivity contribution in [2.75, 3.05) is 7.11 Å². The van der Waals surface area contributed by atoms with Crippen LogP contribution in [0.4, 0.5) is 0 Å². The van der Waals surface area contributed by atoms with E-state index in [0.717, 1.165) is 11.3 Å². The molecular formula is C5H7NO3S2. The fourth-order valence-corrected chi connectivity index (χ4v) is 2.35. The molecule has 0 spiro atoms. The molecule has 1 rings (SSSR count). The third-order valence-electron chi connectivity index (χ3n) is 0.953. The van der Waals surface area contributed by atoms with E-state index in [0.29, 0.717) is 0 Å². The van der Waals surface area contributed by atoms with Crippen molar-refractivity contribution < 1.29 is 13.3 Å². The Balaban J connectivity index is 2.92. The van der Waals surface area contributed by atoms with Crippen LogP contribution in [-0.4, -0.2) is 15.5 Å².